The first kappa shape index (κ1) is 10.8. The zero-order chi connectivity index (χ0) is 11.7. The van der Waals surface area contributed by atoms with Crippen molar-refractivity contribution in [1.29, 1.82) is 0 Å². The molecule has 3 nitrogen and oxygen atoms in total. The van der Waals surface area contributed by atoms with E-state index in [1.807, 2.05) is 6.07 Å². The monoisotopic (exact) mass is 231 g/mol. The zero-order valence-electron chi connectivity index (χ0n) is 9.24. The van der Waals surface area contributed by atoms with E-state index in [9.17, 15) is 0 Å². The topological polar surface area (TPSA) is 54.7 Å². The maximum atomic E-state index is 5.67. The van der Waals surface area contributed by atoms with E-state index in [2.05, 4.69) is 35.9 Å². The number of hydrogen-bond acceptors (Lipinski definition) is 3. The Labute approximate surface area is 99.4 Å². The first-order valence-electron chi connectivity index (χ1n) is 5.01. The molecule has 0 aliphatic carbocycles. The van der Waals surface area contributed by atoms with Crippen LogP contribution in [0.2, 0.25) is 0 Å². The lowest BCUT2D eigenvalue weighted by atomic mass is 10.0. The molecule has 0 amide bonds. The van der Waals surface area contributed by atoms with Gasteiger partial charge in [0.15, 0.2) is 4.77 Å². The van der Waals surface area contributed by atoms with Gasteiger partial charge in [0.2, 0.25) is 0 Å². The number of aromatic nitrogens is 2. The summed E-state index contributed by atoms with van der Waals surface area (Å²) in [6, 6.07) is 8.02. The first-order valence-corrected chi connectivity index (χ1v) is 5.41. The average molecular weight is 231 g/mol. The Morgan fingerprint density at radius 2 is 1.94 bits per heavy atom. The Balaban J connectivity index is 2.58. The molecule has 0 saturated carbocycles. The van der Waals surface area contributed by atoms with Gasteiger partial charge in [-0.25, -0.2) is 4.98 Å². The number of aryl methyl sites for hydroxylation is 2. The van der Waals surface area contributed by atoms with Crippen molar-refractivity contribution in [3.63, 3.8) is 0 Å². The summed E-state index contributed by atoms with van der Waals surface area (Å²) < 4.78 is 0.410. The van der Waals surface area contributed by atoms with Crippen molar-refractivity contribution in [1.82, 2.24) is 9.97 Å². The van der Waals surface area contributed by atoms with Crippen molar-refractivity contribution < 1.29 is 0 Å². The quantitative estimate of drug-likeness (QED) is 0.742. The molecule has 82 valence electrons. The fourth-order valence-corrected chi connectivity index (χ4v) is 1.76. The van der Waals surface area contributed by atoms with Crippen LogP contribution in [-0.2, 0) is 0 Å². The second-order valence-corrected chi connectivity index (χ2v) is 4.21. The van der Waals surface area contributed by atoms with Crippen LogP contribution >= 0.6 is 12.2 Å². The summed E-state index contributed by atoms with van der Waals surface area (Å²) in [5.74, 6) is 0.442. The molecule has 1 aromatic carbocycles. The van der Waals surface area contributed by atoms with Crippen LogP contribution in [0.15, 0.2) is 24.3 Å². The van der Waals surface area contributed by atoms with Crippen LogP contribution in [0.25, 0.3) is 11.3 Å². The minimum atomic E-state index is 0.410. The Bertz CT molecular complexity index is 587. The molecule has 16 heavy (non-hydrogen) atoms. The normalized spacial score (nSPS) is 10.4. The van der Waals surface area contributed by atoms with Gasteiger partial charge in [0, 0.05) is 6.07 Å². The highest BCUT2D eigenvalue weighted by Gasteiger charge is 2.01. The number of hydrogen-bond donors (Lipinski definition) is 2. The molecule has 1 heterocycles. The maximum absolute atomic E-state index is 5.67. The number of anilines is 1. The van der Waals surface area contributed by atoms with Crippen molar-refractivity contribution in [2.45, 2.75) is 13.8 Å². The van der Waals surface area contributed by atoms with Gasteiger partial charge < -0.3 is 10.7 Å². The molecule has 0 saturated heterocycles. The molecule has 1 aromatic heterocycles. The summed E-state index contributed by atoms with van der Waals surface area (Å²) in [6.07, 6.45) is 0. The number of H-pyrrole nitrogens is 1. The predicted octanol–water partition coefficient (Wildman–Crippen LogP) is 3.01. The maximum Gasteiger partial charge on any atom is 0.199 e. The Morgan fingerprint density at radius 3 is 2.56 bits per heavy atom. The van der Waals surface area contributed by atoms with Crippen LogP contribution in [-0.4, -0.2) is 9.97 Å². The van der Waals surface area contributed by atoms with Gasteiger partial charge in [-0.1, -0.05) is 12.1 Å². The Morgan fingerprint density at radius 1 is 1.19 bits per heavy atom. The molecule has 0 bridgehead atoms. The third-order valence-electron chi connectivity index (χ3n) is 2.58. The van der Waals surface area contributed by atoms with Crippen LogP contribution in [0.4, 0.5) is 5.82 Å². The molecule has 4 heteroatoms. The minimum absolute atomic E-state index is 0.410. The summed E-state index contributed by atoms with van der Waals surface area (Å²) in [6.45, 7) is 4.17. The van der Waals surface area contributed by atoms with E-state index in [0.29, 0.717) is 10.6 Å². The van der Waals surface area contributed by atoms with Crippen molar-refractivity contribution >= 4 is 18.0 Å². The first-order chi connectivity index (χ1) is 7.56. The van der Waals surface area contributed by atoms with E-state index in [0.717, 1.165) is 11.3 Å². The van der Waals surface area contributed by atoms with Gasteiger partial charge in [-0.2, -0.15) is 0 Å². The van der Waals surface area contributed by atoms with Crippen LogP contribution in [0, 0.1) is 18.6 Å². The van der Waals surface area contributed by atoms with Gasteiger partial charge in [-0.15, -0.1) is 0 Å². The van der Waals surface area contributed by atoms with E-state index >= 15 is 0 Å². The number of rotatable bonds is 1. The number of aromatic amines is 1. The molecule has 2 aromatic rings. The summed E-state index contributed by atoms with van der Waals surface area (Å²) in [4.78, 5) is 6.97. The SMILES string of the molecule is Cc1ccc(-c2cc(N)nc(=S)[nH]2)cc1C. The van der Waals surface area contributed by atoms with Crippen molar-refractivity contribution in [3.05, 3.63) is 40.2 Å². The number of nitrogens with two attached hydrogens (primary N) is 1. The number of benzene rings is 1. The third-order valence-corrected chi connectivity index (χ3v) is 2.78. The van der Waals surface area contributed by atoms with E-state index in [4.69, 9.17) is 18.0 Å². The van der Waals surface area contributed by atoms with Gasteiger partial charge in [-0.05, 0) is 48.8 Å². The average Bonchev–Trinajstić information content (AvgIpc) is 2.20. The molecule has 0 radical (unpaired) electrons. The lowest BCUT2D eigenvalue weighted by Crippen LogP contribution is -1.95. The van der Waals surface area contributed by atoms with Gasteiger partial charge >= 0.3 is 0 Å². The smallest absolute Gasteiger partial charge is 0.199 e. The second-order valence-electron chi connectivity index (χ2n) is 3.82. The van der Waals surface area contributed by atoms with Crippen LogP contribution in [0.3, 0.4) is 0 Å². The highest BCUT2D eigenvalue weighted by atomic mass is 32.1. The fraction of sp³-hybridized carbons (Fsp3) is 0.167. The summed E-state index contributed by atoms with van der Waals surface area (Å²) in [5.41, 5.74) is 10.2. The lowest BCUT2D eigenvalue weighted by Gasteiger charge is -2.06. The van der Waals surface area contributed by atoms with Crippen LogP contribution < -0.4 is 5.73 Å². The lowest BCUT2D eigenvalue weighted by molar-refractivity contribution is 1.15. The van der Waals surface area contributed by atoms with Gasteiger partial charge in [0.1, 0.15) is 5.82 Å². The molecule has 3 N–H and O–H groups in total. The number of nitrogens with one attached hydrogen (secondary N) is 1. The highest BCUT2D eigenvalue weighted by molar-refractivity contribution is 7.71. The minimum Gasteiger partial charge on any atom is -0.384 e. The molecule has 2 rings (SSSR count). The van der Waals surface area contributed by atoms with E-state index in [1.54, 1.807) is 6.07 Å². The molecule has 0 unspecified atom stereocenters. The second kappa shape index (κ2) is 4.06. The van der Waals surface area contributed by atoms with E-state index in [-0.39, 0.29) is 0 Å². The predicted molar refractivity (Wildman–Crippen MR) is 68.7 cm³/mol. The third kappa shape index (κ3) is 2.12. The highest BCUT2D eigenvalue weighted by Crippen LogP contribution is 2.20. The molecule has 0 atom stereocenters. The summed E-state index contributed by atoms with van der Waals surface area (Å²) in [7, 11) is 0. The molecule has 0 aliphatic heterocycles. The van der Waals surface area contributed by atoms with Crippen molar-refractivity contribution in [2.24, 2.45) is 0 Å². The zero-order valence-corrected chi connectivity index (χ0v) is 10.1. The van der Waals surface area contributed by atoms with Gasteiger partial charge in [-0.3, -0.25) is 0 Å². The number of nitrogens with zero attached hydrogens (tertiary/aromatic N) is 1. The van der Waals surface area contributed by atoms with Crippen molar-refractivity contribution in [3.8, 4) is 11.3 Å². The summed E-state index contributed by atoms with van der Waals surface area (Å²) >= 11 is 5.00. The number of nitrogen functional groups attached to an aromatic ring is 1. The van der Waals surface area contributed by atoms with E-state index < -0.39 is 0 Å². The van der Waals surface area contributed by atoms with Crippen LogP contribution in [0.5, 0.6) is 0 Å². The van der Waals surface area contributed by atoms with E-state index in [1.165, 1.54) is 11.1 Å². The molecular formula is C12H13N3S. The van der Waals surface area contributed by atoms with Gasteiger partial charge in [0.05, 0.1) is 5.69 Å². The Hall–Kier alpha value is -1.68. The fourth-order valence-electron chi connectivity index (χ4n) is 1.54. The Kier molecular flexibility index (Phi) is 2.75. The molecule has 0 spiro atoms. The molecule has 0 fully saturated rings. The van der Waals surface area contributed by atoms with Gasteiger partial charge in [0.25, 0.3) is 0 Å². The van der Waals surface area contributed by atoms with Crippen molar-refractivity contribution in [2.75, 3.05) is 5.73 Å². The molecular weight excluding hydrogens is 218 g/mol. The molecule has 0 aliphatic rings. The standard InChI is InChI=1S/C12H13N3S/c1-7-3-4-9(5-8(7)2)10-6-11(13)15-12(16)14-10/h3-6H,1-2H3,(H3,13,14,15,16). The largest absolute Gasteiger partial charge is 0.384 e. The van der Waals surface area contributed by atoms with Crippen LogP contribution in [0.1, 0.15) is 11.1 Å². The summed E-state index contributed by atoms with van der Waals surface area (Å²) in [5, 5.41) is 0.